The van der Waals surface area contributed by atoms with Crippen molar-refractivity contribution in [3.63, 3.8) is 0 Å². The number of carbonyl (C=O) groups is 4. The van der Waals surface area contributed by atoms with Crippen LogP contribution in [0.3, 0.4) is 0 Å². The van der Waals surface area contributed by atoms with Gasteiger partial charge in [-0.05, 0) is 0 Å². The molecule has 0 saturated carbocycles. The Kier molecular flexibility index (Phi) is 8.83. The molecule has 16 heavy (non-hydrogen) atoms. The van der Waals surface area contributed by atoms with Gasteiger partial charge in [0.2, 0.25) is 5.91 Å². The molecule has 0 saturated heterocycles. The maximum Gasteiger partial charge on any atom is 0.328 e. The van der Waals surface area contributed by atoms with Crippen molar-refractivity contribution in [2.75, 3.05) is 0 Å². The van der Waals surface area contributed by atoms with E-state index in [2.05, 4.69) is 5.73 Å². The molecule has 0 fully saturated rings. The number of carboxylic acids is 3. The quantitative estimate of drug-likeness (QED) is 0.444. The fourth-order valence-electron chi connectivity index (χ4n) is 0.296. The van der Waals surface area contributed by atoms with E-state index >= 15 is 0 Å². The highest BCUT2D eigenvalue weighted by Gasteiger charge is 1.88. The van der Waals surface area contributed by atoms with Gasteiger partial charge in [0.05, 0.1) is 0 Å². The van der Waals surface area contributed by atoms with Crippen LogP contribution in [-0.2, 0) is 19.2 Å². The second kappa shape index (κ2) is 8.94. The highest BCUT2D eigenvalue weighted by atomic mass is 16.4. The van der Waals surface area contributed by atoms with Gasteiger partial charge in [0.25, 0.3) is 0 Å². The summed E-state index contributed by atoms with van der Waals surface area (Å²) in [5.41, 5.74) is 4.55. The largest absolute Gasteiger partial charge is 0.478 e. The van der Waals surface area contributed by atoms with Crippen molar-refractivity contribution in [3.8, 4) is 0 Å². The Balaban J connectivity index is 0. The minimum absolute atomic E-state index is 0.558. The van der Waals surface area contributed by atoms with Gasteiger partial charge in [0, 0.05) is 24.3 Å². The first-order chi connectivity index (χ1) is 7.25. The molecule has 0 bridgehead atoms. The van der Waals surface area contributed by atoms with Crippen molar-refractivity contribution >= 4 is 23.8 Å². The average molecular weight is 231 g/mol. The summed E-state index contributed by atoms with van der Waals surface area (Å²) in [7, 11) is 0. The molecule has 0 aliphatic rings. The van der Waals surface area contributed by atoms with Crippen LogP contribution in [0, 0.1) is 0 Å². The fourth-order valence-corrected chi connectivity index (χ4v) is 0.296. The number of carboxylic acid groups (broad SMARTS) is 3. The van der Waals surface area contributed by atoms with Gasteiger partial charge in [-0.15, -0.1) is 0 Å². The topological polar surface area (TPSA) is 155 Å². The van der Waals surface area contributed by atoms with Gasteiger partial charge in [-0.25, -0.2) is 14.4 Å². The molecule has 5 N–H and O–H groups in total. The zero-order valence-corrected chi connectivity index (χ0v) is 7.86. The number of primary amides is 1. The first-order valence-electron chi connectivity index (χ1n) is 3.60. The van der Waals surface area contributed by atoms with Crippen LogP contribution < -0.4 is 5.73 Å². The van der Waals surface area contributed by atoms with Crippen molar-refractivity contribution in [1.29, 1.82) is 0 Å². The average Bonchev–Trinajstić information content (AvgIpc) is 2.12. The SMILES string of the molecule is NC(=O)C=CC(=O)O.O=C(O)C=CC(=O)O. The monoisotopic (exact) mass is 231 g/mol. The third-order valence-electron chi connectivity index (χ3n) is 0.759. The van der Waals surface area contributed by atoms with Gasteiger partial charge in [0.15, 0.2) is 0 Å². The van der Waals surface area contributed by atoms with Crippen LogP contribution in [0.2, 0.25) is 0 Å². The molecule has 0 unspecified atom stereocenters. The fraction of sp³-hybridized carbons (Fsp3) is 0. The second-order valence-corrected chi connectivity index (χ2v) is 2.08. The molecule has 0 heterocycles. The number of nitrogens with two attached hydrogens (primary N) is 1. The summed E-state index contributed by atoms with van der Waals surface area (Å²) in [6.07, 6.45) is 2.58. The van der Waals surface area contributed by atoms with Crippen LogP contribution in [-0.4, -0.2) is 39.1 Å². The molecular weight excluding hydrogens is 222 g/mol. The van der Waals surface area contributed by atoms with E-state index in [0.717, 1.165) is 6.08 Å². The lowest BCUT2D eigenvalue weighted by molar-refractivity contribution is -0.134. The molecular formula is C8H9NO7. The van der Waals surface area contributed by atoms with Crippen molar-refractivity contribution in [2.24, 2.45) is 5.73 Å². The first kappa shape index (κ1) is 15.8. The van der Waals surface area contributed by atoms with Crippen molar-refractivity contribution in [1.82, 2.24) is 0 Å². The lowest BCUT2D eigenvalue weighted by atomic mass is 10.5. The van der Waals surface area contributed by atoms with Crippen LogP contribution in [0.4, 0.5) is 0 Å². The van der Waals surface area contributed by atoms with Crippen LogP contribution in [0.15, 0.2) is 24.3 Å². The molecule has 0 spiro atoms. The molecule has 88 valence electrons. The van der Waals surface area contributed by atoms with Crippen molar-refractivity contribution < 1.29 is 34.5 Å². The number of hydrogen-bond donors (Lipinski definition) is 4. The Morgan fingerprint density at radius 2 is 0.938 bits per heavy atom. The lowest BCUT2D eigenvalue weighted by Gasteiger charge is -1.75. The lowest BCUT2D eigenvalue weighted by Crippen LogP contribution is -2.06. The van der Waals surface area contributed by atoms with E-state index < -0.39 is 23.8 Å². The Labute approximate surface area is 89.3 Å². The predicted octanol–water partition coefficient (Wildman–Crippen LogP) is -1.18. The maximum absolute atomic E-state index is 9.78. The molecule has 0 aromatic rings. The van der Waals surface area contributed by atoms with Gasteiger partial charge in [-0.3, -0.25) is 4.79 Å². The van der Waals surface area contributed by atoms with E-state index in [4.69, 9.17) is 15.3 Å². The van der Waals surface area contributed by atoms with E-state index in [1.807, 2.05) is 0 Å². The number of rotatable bonds is 4. The van der Waals surface area contributed by atoms with E-state index in [1.165, 1.54) is 0 Å². The summed E-state index contributed by atoms with van der Waals surface area (Å²) in [4.78, 5) is 38.5. The van der Waals surface area contributed by atoms with Gasteiger partial charge >= 0.3 is 17.9 Å². The molecule has 0 aromatic carbocycles. The van der Waals surface area contributed by atoms with Crippen LogP contribution >= 0.6 is 0 Å². The minimum Gasteiger partial charge on any atom is -0.478 e. The van der Waals surface area contributed by atoms with Gasteiger partial charge < -0.3 is 21.1 Å². The van der Waals surface area contributed by atoms with Crippen LogP contribution in [0.5, 0.6) is 0 Å². The Morgan fingerprint density at radius 1 is 0.688 bits per heavy atom. The highest BCUT2D eigenvalue weighted by Crippen LogP contribution is 1.70. The molecule has 8 heteroatoms. The Bertz CT molecular complexity index is 276. The summed E-state index contributed by atoms with van der Waals surface area (Å²) in [6.45, 7) is 0. The molecule has 0 atom stereocenters. The molecule has 0 aromatic heterocycles. The molecule has 8 nitrogen and oxygen atoms in total. The number of amides is 1. The minimum atomic E-state index is -1.26. The summed E-state index contributed by atoms with van der Waals surface area (Å²) in [5.74, 6) is -4.45. The van der Waals surface area contributed by atoms with Crippen molar-refractivity contribution in [2.45, 2.75) is 0 Å². The number of hydrogen-bond acceptors (Lipinski definition) is 4. The Hall–Kier alpha value is -2.64. The smallest absolute Gasteiger partial charge is 0.328 e. The summed E-state index contributed by atoms with van der Waals surface area (Å²) in [5, 5.41) is 23.5. The summed E-state index contributed by atoms with van der Waals surface area (Å²) >= 11 is 0. The van der Waals surface area contributed by atoms with Gasteiger partial charge in [0.1, 0.15) is 0 Å². The predicted molar refractivity (Wildman–Crippen MR) is 50.4 cm³/mol. The number of carbonyl (C=O) groups excluding carboxylic acids is 1. The van der Waals surface area contributed by atoms with Gasteiger partial charge in [-0.1, -0.05) is 0 Å². The zero-order chi connectivity index (χ0) is 13.1. The maximum atomic E-state index is 9.78. The van der Waals surface area contributed by atoms with Crippen molar-refractivity contribution in [3.05, 3.63) is 24.3 Å². The van der Waals surface area contributed by atoms with E-state index in [0.29, 0.717) is 18.2 Å². The van der Waals surface area contributed by atoms with E-state index in [-0.39, 0.29) is 0 Å². The van der Waals surface area contributed by atoms with Crippen LogP contribution in [0.1, 0.15) is 0 Å². The zero-order valence-electron chi connectivity index (χ0n) is 7.86. The number of aliphatic carboxylic acids is 3. The van der Waals surface area contributed by atoms with E-state index in [1.54, 1.807) is 0 Å². The highest BCUT2D eigenvalue weighted by molar-refractivity contribution is 5.92. The first-order valence-corrected chi connectivity index (χ1v) is 3.60. The Morgan fingerprint density at radius 3 is 1.06 bits per heavy atom. The molecule has 1 amide bonds. The van der Waals surface area contributed by atoms with Crippen LogP contribution in [0.25, 0.3) is 0 Å². The van der Waals surface area contributed by atoms with Gasteiger partial charge in [-0.2, -0.15) is 0 Å². The standard InChI is InChI=1S/C4H5NO3.C4H4O4/c2*5-3(6)1-2-4(7)8/h1-2H,(H2,5,6)(H,7,8);1-2H,(H,5,6)(H,7,8). The normalized spacial score (nSPS) is 9.50. The molecule has 0 radical (unpaired) electrons. The summed E-state index contributed by atoms with van der Waals surface area (Å²) in [6, 6.07) is 0. The third kappa shape index (κ3) is 22.5. The third-order valence-corrected chi connectivity index (χ3v) is 0.759. The second-order valence-electron chi connectivity index (χ2n) is 2.08. The molecule has 0 aliphatic heterocycles. The summed E-state index contributed by atoms with van der Waals surface area (Å²) < 4.78 is 0. The molecule has 0 aliphatic carbocycles. The molecule has 0 rings (SSSR count). The van der Waals surface area contributed by atoms with E-state index in [9.17, 15) is 19.2 Å².